The van der Waals surface area contributed by atoms with Gasteiger partial charge < -0.3 is 5.32 Å². The van der Waals surface area contributed by atoms with Crippen molar-refractivity contribution in [3.8, 4) is 0 Å². The van der Waals surface area contributed by atoms with Crippen LogP contribution in [0.4, 0.5) is 0 Å². The number of rotatable bonds is 4. The fourth-order valence-corrected chi connectivity index (χ4v) is 2.25. The fraction of sp³-hybridized carbons (Fsp3) is 1.00. The van der Waals surface area contributed by atoms with Gasteiger partial charge in [0.15, 0.2) is 0 Å². The van der Waals surface area contributed by atoms with Crippen LogP contribution >= 0.6 is 0 Å². The zero-order valence-electron chi connectivity index (χ0n) is 10.1. The molecule has 1 heterocycles. The van der Waals surface area contributed by atoms with E-state index in [1.54, 1.807) is 0 Å². The van der Waals surface area contributed by atoms with Gasteiger partial charge in [0.1, 0.15) is 0 Å². The summed E-state index contributed by atoms with van der Waals surface area (Å²) in [5.74, 6) is 0.775. The van der Waals surface area contributed by atoms with Gasteiger partial charge in [-0.2, -0.15) is 0 Å². The van der Waals surface area contributed by atoms with Crippen molar-refractivity contribution in [2.24, 2.45) is 5.92 Å². The molecule has 1 saturated heterocycles. The molecule has 1 fully saturated rings. The van der Waals surface area contributed by atoms with Gasteiger partial charge in [-0.1, -0.05) is 27.2 Å². The minimum Gasteiger partial charge on any atom is -0.315 e. The maximum Gasteiger partial charge on any atom is 0.0243 e. The molecule has 1 aliphatic rings. The third kappa shape index (κ3) is 3.58. The van der Waals surface area contributed by atoms with E-state index >= 15 is 0 Å². The summed E-state index contributed by atoms with van der Waals surface area (Å²) >= 11 is 0. The molecule has 14 heavy (non-hydrogen) atoms. The molecule has 0 spiro atoms. The molecular weight excluding hydrogens is 172 g/mol. The predicted molar refractivity (Wildman–Crippen MR) is 62.6 cm³/mol. The lowest BCUT2D eigenvalue weighted by atomic mass is 10.0. The van der Waals surface area contributed by atoms with E-state index in [0.29, 0.717) is 0 Å². The lowest BCUT2D eigenvalue weighted by molar-refractivity contribution is 0.164. The Bertz CT molecular complexity index is 145. The summed E-state index contributed by atoms with van der Waals surface area (Å²) < 4.78 is 0. The minimum absolute atomic E-state index is 0.754. The van der Waals surface area contributed by atoms with Crippen molar-refractivity contribution in [1.29, 1.82) is 0 Å². The minimum atomic E-state index is 0.754. The van der Waals surface area contributed by atoms with Crippen LogP contribution in [0.5, 0.6) is 0 Å². The second kappa shape index (κ2) is 6.41. The van der Waals surface area contributed by atoms with Crippen LogP contribution in [0.15, 0.2) is 0 Å². The van der Waals surface area contributed by atoms with E-state index in [9.17, 15) is 0 Å². The lowest BCUT2D eigenvalue weighted by Gasteiger charge is -2.32. The average Bonchev–Trinajstić information content (AvgIpc) is 2.39. The smallest absolute Gasteiger partial charge is 0.0243 e. The Morgan fingerprint density at radius 1 is 1.43 bits per heavy atom. The van der Waals surface area contributed by atoms with Crippen LogP contribution in [-0.4, -0.2) is 37.1 Å². The zero-order chi connectivity index (χ0) is 10.4. The van der Waals surface area contributed by atoms with Crippen molar-refractivity contribution in [2.45, 2.75) is 46.1 Å². The monoisotopic (exact) mass is 198 g/mol. The van der Waals surface area contributed by atoms with Crippen molar-refractivity contribution < 1.29 is 0 Å². The molecule has 0 bridgehead atoms. The predicted octanol–water partition coefficient (Wildman–Crippen LogP) is 2.11. The molecule has 0 aliphatic carbocycles. The van der Waals surface area contributed by atoms with Gasteiger partial charge in [0.2, 0.25) is 0 Å². The van der Waals surface area contributed by atoms with Crippen molar-refractivity contribution in [2.75, 3.05) is 26.2 Å². The first-order chi connectivity index (χ1) is 6.75. The Kier molecular flexibility index (Phi) is 5.49. The second-order valence-electron chi connectivity index (χ2n) is 4.76. The Balaban J connectivity index is 2.45. The van der Waals surface area contributed by atoms with Gasteiger partial charge >= 0.3 is 0 Å². The van der Waals surface area contributed by atoms with Crippen LogP contribution < -0.4 is 5.32 Å². The molecule has 1 unspecified atom stereocenters. The summed E-state index contributed by atoms with van der Waals surface area (Å²) in [7, 11) is 0. The van der Waals surface area contributed by atoms with E-state index in [0.717, 1.165) is 12.0 Å². The lowest BCUT2D eigenvalue weighted by Crippen LogP contribution is -2.43. The van der Waals surface area contributed by atoms with Crippen LogP contribution in [0.3, 0.4) is 0 Å². The molecule has 1 N–H and O–H groups in total. The molecule has 2 heteroatoms. The first-order valence-corrected chi connectivity index (χ1v) is 6.20. The van der Waals surface area contributed by atoms with E-state index in [2.05, 4.69) is 31.0 Å². The topological polar surface area (TPSA) is 15.3 Å². The highest BCUT2D eigenvalue weighted by molar-refractivity contribution is 4.80. The van der Waals surface area contributed by atoms with E-state index in [-0.39, 0.29) is 0 Å². The van der Waals surface area contributed by atoms with Crippen LogP contribution in [0, 0.1) is 5.92 Å². The van der Waals surface area contributed by atoms with Gasteiger partial charge in [-0.3, -0.25) is 4.90 Å². The summed E-state index contributed by atoms with van der Waals surface area (Å²) in [4.78, 5) is 2.69. The van der Waals surface area contributed by atoms with Crippen LogP contribution in [0.25, 0.3) is 0 Å². The summed E-state index contributed by atoms with van der Waals surface area (Å²) in [6, 6.07) is 0.754. The van der Waals surface area contributed by atoms with Crippen LogP contribution in [0.2, 0.25) is 0 Å². The van der Waals surface area contributed by atoms with Gasteiger partial charge in [0.05, 0.1) is 0 Å². The number of unbranched alkanes of at least 4 members (excludes halogenated alkanes) is 1. The standard InChI is InChI=1S/C12H26N2/c1-4-5-8-14-9-6-7-13-10-12(14)11(2)3/h11-13H,4-10H2,1-3H3. The number of nitrogens with zero attached hydrogens (tertiary/aromatic N) is 1. The highest BCUT2D eigenvalue weighted by Crippen LogP contribution is 2.13. The molecule has 0 amide bonds. The van der Waals surface area contributed by atoms with Gasteiger partial charge in [0, 0.05) is 12.6 Å². The fourth-order valence-electron chi connectivity index (χ4n) is 2.25. The van der Waals surface area contributed by atoms with Gasteiger partial charge in [-0.25, -0.2) is 0 Å². The van der Waals surface area contributed by atoms with Gasteiger partial charge in [0.25, 0.3) is 0 Å². The normalized spacial score (nSPS) is 25.3. The first-order valence-electron chi connectivity index (χ1n) is 6.20. The van der Waals surface area contributed by atoms with Crippen molar-refractivity contribution >= 4 is 0 Å². The van der Waals surface area contributed by atoms with E-state index in [1.165, 1.54) is 45.4 Å². The van der Waals surface area contributed by atoms with E-state index in [1.807, 2.05) is 0 Å². The van der Waals surface area contributed by atoms with Crippen molar-refractivity contribution in [3.05, 3.63) is 0 Å². The molecule has 0 saturated carbocycles. The highest BCUT2D eigenvalue weighted by atomic mass is 15.2. The quantitative estimate of drug-likeness (QED) is 0.744. The Labute approximate surface area is 89.1 Å². The molecule has 1 aliphatic heterocycles. The highest BCUT2D eigenvalue weighted by Gasteiger charge is 2.22. The Morgan fingerprint density at radius 3 is 2.86 bits per heavy atom. The summed E-state index contributed by atoms with van der Waals surface area (Å²) in [5.41, 5.74) is 0. The number of hydrogen-bond donors (Lipinski definition) is 1. The third-order valence-corrected chi connectivity index (χ3v) is 3.19. The van der Waals surface area contributed by atoms with Crippen LogP contribution in [0.1, 0.15) is 40.0 Å². The second-order valence-corrected chi connectivity index (χ2v) is 4.76. The SMILES string of the molecule is CCCCN1CCCNCC1C(C)C. The van der Waals surface area contributed by atoms with Crippen LogP contribution in [-0.2, 0) is 0 Å². The first kappa shape index (κ1) is 12.0. The summed E-state index contributed by atoms with van der Waals surface area (Å²) in [6.45, 7) is 11.9. The molecule has 0 aromatic carbocycles. The third-order valence-electron chi connectivity index (χ3n) is 3.19. The molecule has 1 atom stereocenters. The molecule has 0 radical (unpaired) electrons. The molecule has 84 valence electrons. The van der Waals surface area contributed by atoms with Crippen molar-refractivity contribution in [3.63, 3.8) is 0 Å². The largest absolute Gasteiger partial charge is 0.315 e. The molecule has 1 rings (SSSR count). The number of hydrogen-bond acceptors (Lipinski definition) is 2. The Hall–Kier alpha value is -0.0800. The van der Waals surface area contributed by atoms with Crippen molar-refractivity contribution in [1.82, 2.24) is 10.2 Å². The van der Waals surface area contributed by atoms with Gasteiger partial charge in [-0.05, 0) is 38.4 Å². The van der Waals surface area contributed by atoms with E-state index < -0.39 is 0 Å². The maximum atomic E-state index is 3.54. The maximum absolute atomic E-state index is 3.54. The van der Waals surface area contributed by atoms with Gasteiger partial charge in [-0.15, -0.1) is 0 Å². The molecular formula is C12H26N2. The number of nitrogens with one attached hydrogen (secondary N) is 1. The zero-order valence-corrected chi connectivity index (χ0v) is 10.1. The average molecular weight is 198 g/mol. The summed E-state index contributed by atoms with van der Waals surface area (Å²) in [6.07, 6.45) is 3.98. The Morgan fingerprint density at radius 2 is 2.21 bits per heavy atom. The summed E-state index contributed by atoms with van der Waals surface area (Å²) in [5, 5.41) is 3.54. The molecule has 0 aromatic rings. The molecule has 0 aromatic heterocycles. The molecule has 2 nitrogen and oxygen atoms in total. The van der Waals surface area contributed by atoms with E-state index in [4.69, 9.17) is 0 Å².